The monoisotopic (exact) mass is 344 g/mol. The first-order valence-corrected chi connectivity index (χ1v) is 8.62. The van der Waals surface area contributed by atoms with Gasteiger partial charge in [-0.3, -0.25) is 14.4 Å². The van der Waals surface area contributed by atoms with E-state index in [1.165, 1.54) is 13.8 Å². The highest BCUT2D eigenvalue weighted by atomic mass is 16.1. The topological polar surface area (TPSA) is 51.2 Å². The second-order valence-corrected chi connectivity index (χ2v) is 6.52. The lowest BCUT2D eigenvalue weighted by Gasteiger charge is -2.00. The van der Waals surface area contributed by atoms with E-state index in [4.69, 9.17) is 0 Å². The van der Waals surface area contributed by atoms with Gasteiger partial charge in [-0.25, -0.2) is 0 Å². The average Bonchev–Trinajstić information content (AvgIpc) is 2.96. The van der Waals surface area contributed by atoms with Crippen molar-refractivity contribution in [2.24, 2.45) is 0 Å². The number of carbonyl (C=O) groups is 3. The average molecular weight is 344 g/mol. The van der Waals surface area contributed by atoms with Crippen LogP contribution in [0.15, 0.2) is 59.7 Å². The lowest BCUT2D eigenvalue weighted by molar-refractivity contribution is -0.111. The molecule has 1 aliphatic rings. The van der Waals surface area contributed by atoms with Gasteiger partial charge in [-0.2, -0.15) is 0 Å². The molecule has 3 heteroatoms. The Balaban J connectivity index is 1.78. The third-order valence-electron chi connectivity index (χ3n) is 4.56. The second kappa shape index (κ2) is 7.44. The Labute approximate surface area is 153 Å². The third-order valence-corrected chi connectivity index (χ3v) is 4.56. The molecule has 0 bridgehead atoms. The van der Waals surface area contributed by atoms with E-state index in [2.05, 4.69) is 0 Å². The van der Waals surface area contributed by atoms with Crippen LogP contribution in [0.1, 0.15) is 58.5 Å². The van der Waals surface area contributed by atoms with Gasteiger partial charge in [0.05, 0.1) is 0 Å². The van der Waals surface area contributed by atoms with Gasteiger partial charge in [-0.05, 0) is 50.0 Å². The molecule has 1 fully saturated rings. The molecule has 0 saturated heterocycles. The summed E-state index contributed by atoms with van der Waals surface area (Å²) in [7, 11) is 0. The van der Waals surface area contributed by atoms with E-state index in [1.807, 2.05) is 36.4 Å². The number of rotatable bonds is 4. The number of hydrogen-bond donors (Lipinski definition) is 0. The molecule has 3 rings (SSSR count). The van der Waals surface area contributed by atoms with Crippen molar-refractivity contribution in [3.05, 3.63) is 81.9 Å². The molecule has 0 radical (unpaired) electrons. The maximum Gasteiger partial charge on any atom is 0.185 e. The van der Waals surface area contributed by atoms with E-state index < -0.39 is 0 Å². The normalized spacial score (nSPS) is 17.1. The van der Waals surface area contributed by atoms with Crippen LogP contribution in [0.2, 0.25) is 0 Å². The minimum Gasteiger partial charge on any atom is -0.295 e. The molecule has 2 aromatic rings. The maximum absolute atomic E-state index is 12.6. The van der Waals surface area contributed by atoms with Gasteiger partial charge < -0.3 is 0 Å². The van der Waals surface area contributed by atoms with E-state index in [0.29, 0.717) is 24.0 Å². The molecular formula is C23H20O3. The number of ketones is 3. The summed E-state index contributed by atoms with van der Waals surface area (Å²) < 4.78 is 0. The van der Waals surface area contributed by atoms with Gasteiger partial charge in [0.25, 0.3) is 0 Å². The number of hydrogen-bond acceptors (Lipinski definition) is 3. The zero-order valence-electron chi connectivity index (χ0n) is 14.9. The Hall–Kier alpha value is -3.07. The first kappa shape index (κ1) is 17.7. The number of allylic oxidation sites excluding steroid dienone is 2. The van der Waals surface area contributed by atoms with Crippen LogP contribution in [-0.4, -0.2) is 17.3 Å². The minimum absolute atomic E-state index is 0.0298. The molecule has 3 nitrogen and oxygen atoms in total. The van der Waals surface area contributed by atoms with E-state index in [-0.39, 0.29) is 17.3 Å². The molecule has 0 atom stereocenters. The number of carbonyl (C=O) groups excluding carboxylic acids is 3. The quantitative estimate of drug-likeness (QED) is 0.584. The highest BCUT2D eigenvalue weighted by Gasteiger charge is 2.22. The predicted octanol–water partition coefficient (Wildman–Crippen LogP) is 4.92. The molecule has 2 aromatic carbocycles. The van der Waals surface area contributed by atoms with E-state index in [9.17, 15) is 14.4 Å². The summed E-state index contributed by atoms with van der Waals surface area (Å²) in [5.41, 5.74) is 4.74. The van der Waals surface area contributed by atoms with Gasteiger partial charge in [-0.1, -0.05) is 48.5 Å². The van der Waals surface area contributed by atoms with Crippen molar-refractivity contribution in [3.63, 3.8) is 0 Å². The zero-order chi connectivity index (χ0) is 18.7. The van der Waals surface area contributed by atoms with Gasteiger partial charge >= 0.3 is 0 Å². The summed E-state index contributed by atoms with van der Waals surface area (Å²) in [5, 5.41) is 0. The van der Waals surface area contributed by atoms with E-state index >= 15 is 0 Å². The fourth-order valence-electron chi connectivity index (χ4n) is 3.01. The van der Waals surface area contributed by atoms with Gasteiger partial charge in [0.15, 0.2) is 17.3 Å². The van der Waals surface area contributed by atoms with Crippen LogP contribution in [0.4, 0.5) is 0 Å². The molecule has 0 N–H and O–H groups in total. The molecule has 130 valence electrons. The molecular weight excluding hydrogens is 324 g/mol. The molecule has 1 saturated carbocycles. The van der Waals surface area contributed by atoms with Gasteiger partial charge in [0, 0.05) is 22.3 Å². The number of benzene rings is 2. The summed E-state index contributed by atoms with van der Waals surface area (Å²) in [6, 6.07) is 14.6. The standard InChI is InChI=1S/C23H20O3/c1-15(24)19-7-3-17(4-8-19)13-21-11-12-22(23(21)26)14-18-5-9-20(10-6-18)16(2)25/h3-10,13-14H,11-12H2,1-2H3. The van der Waals surface area contributed by atoms with Crippen molar-refractivity contribution in [1.82, 2.24) is 0 Å². The maximum atomic E-state index is 12.6. The first-order valence-electron chi connectivity index (χ1n) is 8.62. The SMILES string of the molecule is CC(=O)c1ccc(C=C2CCC(=Cc3ccc(C(C)=O)cc3)C2=O)cc1. The molecule has 0 amide bonds. The highest BCUT2D eigenvalue weighted by Crippen LogP contribution is 2.29. The third kappa shape index (κ3) is 3.94. The van der Waals surface area contributed by atoms with Crippen molar-refractivity contribution >= 4 is 29.5 Å². The van der Waals surface area contributed by atoms with Crippen molar-refractivity contribution in [2.75, 3.05) is 0 Å². The van der Waals surface area contributed by atoms with Crippen LogP contribution >= 0.6 is 0 Å². The van der Waals surface area contributed by atoms with Crippen molar-refractivity contribution in [3.8, 4) is 0 Å². The van der Waals surface area contributed by atoms with Crippen LogP contribution in [0.25, 0.3) is 12.2 Å². The lowest BCUT2D eigenvalue weighted by Crippen LogP contribution is -1.96. The first-order chi connectivity index (χ1) is 12.4. The summed E-state index contributed by atoms with van der Waals surface area (Å²) >= 11 is 0. The Bertz CT molecular complexity index is 849. The number of Topliss-reactive ketones (excluding diaryl/α,β-unsaturated/α-hetero) is 3. The van der Waals surface area contributed by atoms with Gasteiger partial charge in [-0.15, -0.1) is 0 Å². The van der Waals surface area contributed by atoms with Crippen LogP contribution in [0.5, 0.6) is 0 Å². The van der Waals surface area contributed by atoms with E-state index in [0.717, 1.165) is 22.3 Å². The summed E-state index contributed by atoms with van der Waals surface area (Å²) in [6.45, 7) is 3.07. The minimum atomic E-state index is 0.0298. The predicted molar refractivity (Wildman–Crippen MR) is 103 cm³/mol. The largest absolute Gasteiger partial charge is 0.295 e. The fourth-order valence-corrected chi connectivity index (χ4v) is 3.01. The summed E-state index contributed by atoms with van der Waals surface area (Å²) in [6.07, 6.45) is 5.22. The Morgan fingerprint density at radius 2 is 1.04 bits per heavy atom. The van der Waals surface area contributed by atoms with Crippen molar-refractivity contribution < 1.29 is 14.4 Å². The lowest BCUT2D eigenvalue weighted by atomic mass is 10.0. The van der Waals surface area contributed by atoms with Crippen molar-refractivity contribution in [1.29, 1.82) is 0 Å². The van der Waals surface area contributed by atoms with Crippen LogP contribution in [0.3, 0.4) is 0 Å². The molecule has 0 spiro atoms. The molecule has 26 heavy (non-hydrogen) atoms. The molecule has 0 heterocycles. The van der Waals surface area contributed by atoms with Crippen LogP contribution in [0, 0.1) is 0 Å². The molecule has 0 aliphatic heterocycles. The van der Waals surface area contributed by atoms with Crippen LogP contribution in [-0.2, 0) is 4.79 Å². The van der Waals surface area contributed by atoms with E-state index in [1.54, 1.807) is 24.3 Å². The molecule has 0 unspecified atom stereocenters. The Morgan fingerprint density at radius 1 is 0.692 bits per heavy atom. The second-order valence-electron chi connectivity index (χ2n) is 6.52. The molecule has 1 aliphatic carbocycles. The fraction of sp³-hybridized carbons (Fsp3) is 0.174. The molecule has 0 aromatic heterocycles. The smallest absolute Gasteiger partial charge is 0.185 e. The highest BCUT2D eigenvalue weighted by molar-refractivity contribution is 6.15. The van der Waals surface area contributed by atoms with Gasteiger partial charge in [0.2, 0.25) is 0 Å². The Kier molecular flexibility index (Phi) is 5.08. The summed E-state index contributed by atoms with van der Waals surface area (Å²) in [5.74, 6) is 0.126. The van der Waals surface area contributed by atoms with Crippen LogP contribution < -0.4 is 0 Å². The van der Waals surface area contributed by atoms with Crippen molar-refractivity contribution in [2.45, 2.75) is 26.7 Å². The van der Waals surface area contributed by atoms with Gasteiger partial charge in [0.1, 0.15) is 0 Å². The zero-order valence-corrected chi connectivity index (χ0v) is 14.9. The Morgan fingerprint density at radius 3 is 1.35 bits per heavy atom. The summed E-state index contributed by atoms with van der Waals surface area (Å²) in [4.78, 5) is 35.3.